The van der Waals surface area contributed by atoms with Crippen LogP contribution in [0.25, 0.3) is 0 Å². The lowest BCUT2D eigenvalue weighted by molar-refractivity contribution is 0.689. The van der Waals surface area contributed by atoms with Gasteiger partial charge in [-0.05, 0) is 60.7 Å². The van der Waals surface area contributed by atoms with Crippen LogP contribution in [0, 0.1) is 6.92 Å². The molecule has 112 valence electrons. The van der Waals surface area contributed by atoms with Gasteiger partial charge in [0.1, 0.15) is 0 Å². The molecule has 0 bridgehead atoms. The first-order valence-corrected chi connectivity index (χ1v) is 8.03. The van der Waals surface area contributed by atoms with E-state index in [0.29, 0.717) is 0 Å². The van der Waals surface area contributed by atoms with Crippen molar-refractivity contribution in [1.82, 2.24) is 5.32 Å². The molecule has 1 N–H and O–H groups in total. The minimum absolute atomic E-state index is 0.206. The highest BCUT2D eigenvalue weighted by Crippen LogP contribution is 2.27. The predicted molar refractivity (Wildman–Crippen MR) is 92.3 cm³/mol. The molecule has 0 saturated carbocycles. The Labute approximate surface area is 133 Å². The highest BCUT2D eigenvalue weighted by Gasteiger charge is 2.14. The second-order valence-electron chi connectivity index (χ2n) is 5.47. The van der Waals surface area contributed by atoms with Gasteiger partial charge in [0.2, 0.25) is 0 Å². The summed E-state index contributed by atoms with van der Waals surface area (Å²) in [6.07, 6.45) is 2.17. The van der Waals surface area contributed by atoms with E-state index in [0.717, 1.165) is 23.4 Å². The highest BCUT2D eigenvalue weighted by atomic mass is 35.5. The zero-order chi connectivity index (χ0) is 15.4. The molecule has 21 heavy (non-hydrogen) atoms. The minimum Gasteiger partial charge on any atom is -0.309 e. The fourth-order valence-electron chi connectivity index (χ4n) is 2.87. The summed E-state index contributed by atoms with van der Waals surface area (Å²) >= 11 is 6.14. The van der Waals surface area contributed by atoms with Gasteiger partial charge in [0, 0.05) is 5.02 Å². The normalized spacial score (nSPS) is 12.4. The van der Waals surface area contributed by atoms with Crippen LogP contribution in [-0.4, -0.2) is 7.05 Å². The van der Waals surface area contributed by atoms with Gasteiger partial charge in [-0.3, -0.25) is 0 Å². The van der Waals surface area contributed by atoms with Crippen LogP contribution < -0.4 is 5.32 Å². The third-order valence-corrected chi connectivity index (χ3v) is 4.55. The number of aryl methyl sites for hydroxylation is 3. The Hall–Kier alpha value is -1.31. The van der Waals surface area contributed by atoms with Gasteiger partial charge < -0.3 is 5.32 Å². The zero-order valence-corrected chi connectivity index (χ0v) is 14.1. The molecule has 0 radical (unpaired) electrons. The standard InChI is InChI=1S/C19H24ClN/c1-5-14-7-8-17(12-15(14)6-2)19(21-4)16-9-10-18(20)13(3)11-16/h7-12,19,21H,5-6H2,1-4H3. The largest absolute Gasteiger partial charge is 0.309 e. The van der Waals surface area contributed by atoms with Crippen molar-refractivity contribution in [3.63, 3.8) is 0 Å². The average Bonchev–Trinajstić information content (AvgIpc) is 2.51. The van der Waals surface area contributed by atoms with E-state index in [2.05, 4.69) is 56.4 Å². The van der Waals surface area contributed by atoms with E-state index >= 15 is 0 Å². The van der Waals surface area contributed by atoms with Gasteiger partial charge in [-0.2, -0.15) is 0 Å². The maximum atomic E-state index is 6.14. The molecule has 0 aliphatic carbocycles. The summed E-state index contributed by atoms with van der Waals surface area (Å²) in [5, 5.41) is 4.25. The SMILES string of the molecule is CCc1ccc(C(NC)c2ccc(Cl)c(C)c2)cc1CC. The van der Waals surface area contributed by atoms with Crippen LogP contribution in [0.15, 0.2) is 36.4 Å². The van der Waals surface area contributed by atoms with Crippen molar-refractivity contribution in [3.05, 3.63) is 69.2 Å². The molecule has 0 heterocycles. The van der Waals surface area contributed by atoms with Gasteiger partial charge in [-0.15, -0.1) is 0 Å². The first-order valence-electron chi connectivity index (χ1n) is 7.65. The van der Waals surface area contributed by atoms with E-state index in [9.17, 15) is 0 Å². The Balaban J connectivity index is 2.43. The fourth-order valence-corrected chi connectivity index (χ4v) is 2.99. The maximum Gasteiger partial charge on any atom is 0.0574 e. The van der Waals surface area contributed by atoms with E-state index in [-0.39, 0.29) is 6.04 Å². The molecular formula is C19H24ClN. The molecule has 0 aliphatic heterocycles. The molecule has 1 unspecified atom stereocenters. The molecule has 0 spiro atoms. The number of rotatable bonds is 5. The maximum absolute atomic E-state index is 6.14. The molecule has 2 aromatic carbocycles. The van der Waals surface area contributed by atoms with Crippen LogP contribution >= 0.6 is 11.6 Å². The Morgan fingerprint density at radius 3 is 2.14 bits per heavy atom. The van der Waals surface area contributed by atoms with Crippen molar-refractivity contribution in [1.29, 1.82) is 0 Å². The Kier molecular flexibility index (Phi) is 5.44. The molecule has 0 aliphatic rings. The smallest absolute Gasteiger partial charge is 0.0574 e. The first-order chi connectivity index (χ1) is 10.1. The Morgan fingerprint density at radius 2 is 1.57 bits per heavy atom. The van der Waals surface area contributed by atoms with E-state index in [1.54, 1.807) is 0 Å². The van der Waals surface area contributed by atoms with Gasteiger partial charge >= 0.3 is 0 Å². The second kappa shape index (κ2) is 7.11. The first kappa shape index (κ1) is 16.1. The number of halogens is 1. The molecule has 1 atom stereocenters. The molecule has 0 amide bonds. The molecule has 2 aromatic rings. The van der Waals surface area contributed by atoms with Crippen LogP contribution in [0.4, 0.5) is 0 Å². The van der Waals surface area contributed by atoms with Gasteiger partial charge in [0.05, 0.1) is 6.04 Å². The lowest BCUT2D eigenvalue weighted by atomic mass is 9.93. The van der Waals surface area contributed by atoms with Crippen LogP contribution in [0.2, 0.25) is 5.02 Å². The monoisotopic (exact) mass is 301 g/mol. The Bertz CT molecular complexity index is 619. The van der Waals surface area contributed by atoms with E-state index in [4.69, 9.17) is 11.6 Å². The summed E-state index contributed by atoms with van der Waals surface area (Å²) in [5.74, 6) is 0. The molecule has 0 fully saturated rings. The van der Waals surface area contributed by atoms with Gasteiger partial charge in [-0.1, -0.05) is 55.8 Å². The summed E-state index contributed by atoms with van der Waals surface area (Å²) in [6.45, 7) is 6.49. The van der Waals surface area contributed by atoms with Crippen molar-refractivity contribution in [2.45, 2.75) is 39.7 Å². The summed E-state index contributed by atoms with van der Waals surface area (Å²) < 4.78 is 0. The molecular weight excluding hydrogens is 278 g/mol. The quantitative estimate of drug-likeness (QED) is 0.812. The van der Waals surface area contributed by atoms with E-state index in [1.165, 1.54) is 22.3 Å². The number of hydrogen-bond donors (Lipinski definition) is 1. The van der Waals surface area contributed by atoms with E-state index < -0.39 is 0 Å². The van der Waals surface area contributed by atoms with Crippen molar-refractivity contribution in [2.24, 2.45) is 0 Å². The van der Waals surface area contributed by atoms with Gasteiger partial charge in [0.25, 0.3) is 0 Å². The highest BCUT2D eigenvalue weighted by molar-refractivity contribution is 6.31. The second-order valence-corrected chi connectivity index (χ2v) is 5.87. The summed E-state index contributed by atoms with van der Waals surface area (Å²) in [5.41, 5.74) is 6.58. The molecule has 0 aromatic heterocycles. The molecule has 0 saturated heterocycles. The summed E-state index contributed by atoms with van der Waals surface area (Å²) in [4.78, 5) is 0. The van der Waals surface area contributed by atoms with Crippen molar-refractivity contribution < 1.29 is 0 Å². The lowest BCUT2D eigenvalue weighted by Gasteiger charge is -2.20. The average molecular weight is 302 g/mol. The molecule has 2 heteroatoms. The minimum atomic E-state index is 0.206. The van der Waals surface area contributed by atoms with Crippen molar-refractivity contribution >= 4 is 11.6 Å². The number of hydrogen-bond acceptors (Lipinski definition) is 1. The third kappa shape index (κ3) is 3.48. The topological polar surface area (TPSA) is 12.0 Å². The van der Waals surface area contributed by atoms with Crippen LogP contribution in [0.3, 0.4) is 0 Å². The van der Waals surface area contributed by atoms with Crippen LogP contribution in [0.1, 0.15) is 47.7 Å². The van der Waals surface area contributed by atoms with E-state index in [1.807, 2.05) is 13.1 Å². The van der Waals surface area contributed by atoms with Crippen LogP contribution in [0.5, 0.6) is 0 Å². The molecule has 2 rings (SSSR count). The van der Waals surface area contributed by atoms with Crippen molar-refractivity contribution in [2.75, 3.05) is 7.05 Å². The van der Waals surface area contributed by atoms with Gasteiger partial charge in [0.15, 0.2) is 0 Å². The number of benzene rings is 2. The third-order valence-electron chi connectivity index (χ3n) is 4.13. The predicted octanol–water partition coefficient (Wildman–Crippen LogP) is 5.08. The molecule has 1 nitrogen and oxygen atoms in total. The lowest BCUT2D eigenvalue weighted by Crippen LogP contribution is -2.18. The van der Waals surface area contributed by atoms with Gasteiger partial charge in [-0.25, -0.2) is 0 Å². The van der Waals surface area contributed by atoms with Crippen molar-refractivity contribution in [3.8, 4) is 0 Å². The summed E-state index contributed by atoms with van der Waals surface area (Å²) in [6, 6.07) is 13.3. The number of nitrogens with one attached hydrogen (secondary N) is 1. The van der Waals surface area contributed by atoms with Crippen LogP contribution in [-0.2, 0) is 12.8 Å². The summed E-state index contributed by atoms with van der Waals surface area (Å²) in [7, 11) is 2.01. The zero-order valence-electron chi connectivity index (χ0n) is 13.3. The fraction of sp³-hybridized carbons (Fsp3) is 0.368. The Morgan fingerprint density at radius 1 is 0.952 bits per heavy atom.